The number of fused-ring (bicyclic) bond motifs is 1. The predicted octanol–water partition coefficient (Wildman–Crippen LogP) is 3.75. The van der Waals surface area contributed by atoms with E-state index in [1.807, 2.05) is 31.2 Å². The molecule has 0 saturated heterocycles. The summed E-state index contributed by atoms with van der Waals surface area (Å²) in [7, 11) is 1.63. The Balaban J connectivity index is 2.09. The zero-order valence-corrected chi connectivity index (χ0v) is 13.0. The number of benzene rings is 1. The maximum absolute atomic E-state index is 5.78. The van der Waals surface area contributed by atoms with Crippen molar-refractivity contribution in [1.82, 2.24) is 15.0 Å². The lowest BCUT2D eigenvalue weighted by molar-refractivity contribution is 0.336. The lowest BCUT2D eigenvalue weighted by atomic mass is 10.1. The Morgan fingerprint density at radius 3 is 2.59 bits per heavy atom. The molecule has 0 aliphatic rings. The molecular formula is C16H14ClN3O2. The second-order valence-corrected chi connectivity index (χ2v) is 4.94. The summed E-state index contributed by atoms with van der Waals surface area (Å²) in [5.41, 5.74) is 2.45. The van der Waals surface area contributed by atoms with Crippen molar-refractivity contribution in [3.8, 4) is 22.6 Å². The number of hydrogen-bond acceptors (Lipinski definition) is 5. The fourth-order valence-corrected chi connectivity index (χ4v) is 2.30. The van der Waals surface area contributed by atoms with Gasteiger partial charge in [-0.25, -0.2) is 9.97 Å². The average molecular weight is 316 g/mol. The summed E-state index contributed by atoms with van der Waals surface area (Å²) in [5.74, 6) is 1.48. The summed E-state index contributed by atoms with van der Waals surface area (Å²) in [4.78, 5) is 12.4. The predicted molar refractivity (Wildman–Crippen MR) is 85.5 cm³/mol. The van der Waals surface area contributed by atoms with Crippen molar-refractivity contribution in [1.29, 1.82) is 0 Å². The zero-order valence-electron chi connectivity index (χ0n) is 12.2. The van der Waals surface area contributed by atoms with Crippen LogP contribution in [0.25, 0.3) is 22.2 Å². The number of pyridine rings is 1. The number of methoxy groups -OCH3 is 1. The molecule has 0 fully saturated rings. The van der Waals surface area contributed by atoms with E-state index in [1.54, 1.807) is 19.5 Å². The van der Waals surface area contributed by atoms with Crippen LogP contribution < -0.4 is 9.47 Å². The summed E-state index contributed by atoms with van der Waals surface area (Å²) in [5, 5.41) is 1.01. The Labute approximate surface area is 132 Å². The van der Waals surface area contributed by atoms with Crippen LogP contribution in [0.3, 0.4) is 0 Å². The third kappa shape index (κ3) is 2.94. The van der Waals surface area contributed by atoms with Gasteiger partial charge in [-0.05, 0) is 42.3 Å². The second-order valence-electron chi connectivity index (χ2n) is 4.61. The smallest absolute Gasteiger partial charge is 0.224 e. The van der Waals surface area contributed by atoms with Crippen molar-refractivity contribution in [3.05, 3.63) is 41.9 Å². The van der Waals surface area contributed by atoms with Crippen molar-refractivity contribution >= 4 is 22.6 Å². The van der Waals surface area contributed by atoms with E-state index in [0.717, 1.165) is 28.0 Å². The normalized spacial score (nSPS) is 10.7. The standard InChI is InChI=1S/C16H14ClN3O2/c1-3-22-14-6-10(5-13(7-14)21-2)11-4-12-9-19-16(17)20-15(12)18-8-11/h4-9H,3H2,1-2H3. The molecule has 2 aromatic heterocycles. The molecular weight excluding hydrogens is 302 g/mol. The van der Waals surface area contributed by atoms with Crippen molar-refractivity contribution in [2.24, 2.45) is 0 Å². The van der Waals surface area contributed by atoms with Gasteiger partial charge >= 0.3 is 0 Å². The van der Waals surface area contributed by atoms with Crippen molar-refractivity contribution in [2.75, 3.05) is 13.7 Å². The van der Waals surface area contributed by atoms with Crippen LogP contribution >= 0.6 is 11.6 Å². The second kappa shape index (κ2) is 6.15. The molecule has 6 heteroatoms. The Kier molecular flexibility index (Phi) is 4.06. The molecule has 22 heavy (non-hydrogen) atoms. The maximum atomic E-state index is 5.78. The molecule has 0 aliphatic carbocycles. The largest absolute Gasteiger partial charge is 0.497 e. The van der Waals surface area contributed by atoms with E-state index in [0.29, 0.717) is 12.3 Å². The summed E-state index contributed by atoms with van der Waals surface area (Å²) in [6, 6.07) is 7.70. The van der Waals surface area contributed by atoms with Crippen LogP contribution in [-0.4, -0.2) is 28.7 Å². The molecule has 112 valence electrons. The van der Waals surface area contributed by atoms with Crippen LogP contribution in [0.15, 0.2) is 36.7 Å². The number of ether oxygens (including phenoxy) is 2. The molecule has 0 bridgehead atoms. The third-order valence-electron chi connectivity index (χ3n) is 3.16. The Bertz CT molecular complexity index is 824. The van der Waals surface area contributed by atoms with E-state index in [-0.39, 0.29) is 5.28 Å². The number of halogens is 1. The van der Waals surface area contributed by atoms with Crippen LogP contribution in [0, 0.1) is 0 Å². The van der Waals surface area contributed by atoms with Crippen LogP contribution in [-0.2, 0) is 0 Å². The van der Waals surface area contributed by atoms with Crippen molar-refractivity contribution in [3.63, 3.8) is 0 Å². The minimum Gasteiger partial charge on any atom is -0.497 e. The molecule has 0 atom stereocenters. The molecule has 0 unspecified atom stereocenters. The molecule has 3 aromatic rings. The minimum absolute atomic E-state index is 0.188. The molecule has 0 N–H and O–H groups in total. The molecule has 0 aliphatic heterocycles. The monoisotopic (exact) mass is 315 g/mol. The quantitative estimate of drug-likeness (QED) is 0.686. The summed E-state index contributed by atoms with van der Waals surface area (Å²) in [6.07, 6.45) is 3.40. The van der Waals surface area contributed by atoms with Crippen molar-refractivity contribution < 1.29 is 9.47 Å². The first-order valence-electron chi connectivity index (χ1n) is 6.80. The molecule has 1 aromatic carbocycles. The van der Waals surface area contributed by atoms with Gasteiger partial charge in [0.1, 0.15) is 11.5 Å². The number of nitrogens with zero attached hydrogens (tertiary/aromatic N) is 3. The fraction of sp³-hybridized carbons (Fsp3) is 0.188. The number of aromatic nitrogens is 3. The molecule has 0 amide bonds. The first-order valence-corrected chi connectivity index (χ1v) is 7.18. The van der Waals surface area contributed by atoms with E-state index >= 15 is 0 Å². The minimum atomic E-state index is 0.188. The highest BCUT2D eigenvalue weighted by Gasteiger charge is 2.07. The van der Waals surface area contributed by atoms with Gasteiger partial charge in [0.15, 0.2) is 5.65 Å². The van der Waals surface area contributed by atoms with Crippen molar-refractivity contribution in [2.45, 2.75) is 6.92 Å². The number of hydrogen-bond donors (Lipinski definition) is 0. The maximum Gasteiger partial charge on any atom is 0.224 e. The highest BCUT2D eigenvalue weighted by molar-refractivity contribution is 6.28. The molecule has 3 rings (SSSR count). The number of rotatable bonds is 4. The molecule has 0 saturated carbocycles. The van der Waals surface area contributed by atoms with E-state index in [9.17, 15) is 0 Å². The summed E-state index contributed by atoms with van der Waals surface area (Å²) in [6.45, 7) is 2.53. The van der Waals surface area contributed by atoms with Crippen LogP contribution in [0.5, 0.6) is 11.5 Å². The molecule has 0 radical (unpaired) electrons. The Hall–Kier alpha value is -2.40. The van der Waals surface area contributed by atoms with Crippen LogP contribution in [0.2, 0.25) is 5.28 Å². The highest BCUT2D eigenvalue weighted by Crippen LogP contribution is 2.30. The topological polar surface area (TPSA) is 57.1 Å². The first kappa shape index (κ1) is 14.5. The van der Waals surface area contributed by atoms with Gasteiger partial charge in [0.2, 0.25) is 5.28 Å². The van der Waals surface area contributed by atoms with Gasteiger partial charge in [-0.2, -0.15) is 4.98 Å². The van der Waals surface area contributed by atoms with Gasteiger partial charge in [-0.1, -0.05) is 0 Å². The van der Waals surface area contributed by atoms with Gasteiger partial charge < -0.3 is 9.47 Å². The van der Waals surface area contributed by atoms with E-state index in [4.69, 9.17) is 21.1 Å². The summed E-state index contributed by atoms with van der Waals surface area (Å²) < 4.78 is 10.9. The molecule has 0 spiro atoms. The SMILES string of the molecule is CCOc1cc(OC)cc(-c2cnc3nc(Cl)ncc3c2)c1. The van der Waals surface area contributed by atoms with Crippen LogP contribution in [0.4, 0.5) is 0 Å². The lowest BCUT2D eigenvalue weighted by Crippen LogP contribution is -1.94. The van der Waals surface area contributed by atoms with Gasteiger partial charge in [0.25, 0.3) is 0 Å². The van der Waals surface area contributed by atoms with E-state index < -0.39 is 0 Å². The first-order chi connectivity index (χ1) is 10.7. The fourth-order valence-electron chi connectivity index (χ4n) is 2.17. The van der Waals surface area contributed by atoms with Crippen LogP contribution in [0.1, 0.15) is 6.92 Å². The molecule has 2 heterocycles. The average Bonchev–Trinajstić information content (AvgIpc) is 2.54. The van der Waals surface area contributed by atoms with Gasteiger partial charge in [-0.3, -0.25) is 0 Å². The molecule has 5 nitrogen and oxygen atoms in total. The highest BCUT2D eigenvalue weighted by atomic mass is 35.5. The third-order valence-corrected chi connectivity index (χ3v) is 3.35. The zero-order chi connectivity index (χ0) is 15.5. The van der Waals surface area contributed by atoms with Gasteiger partial charge in [0.05, 0.1) is 13.7 Å². The van der Waals surface area contributed by atoms with E-state index in [2.05, 4.69) is 15.0 Å². The Morgan fingerprint density at radius 1 is 1.00 bits per heavy atom. The Morgan fingerprint density at radius 2 is 1.82 bits per heavy atom. The lowest BCUT2D eigenvalue weighted by Gasteiger charge is -2.10. The summed E-state index contributed by atoms with van der Waals surface area (Å²) >= 11 is 5.78. The van der Waals surface area contributed by atoms with Gasteiger partial charge in [0, 0.05) is 29.4 Å². The van der Waals surface area contributed by atoms with Gasteiger partial charge in [-0.15, -0.1) is 0 Å². The van der Waals surface area contributed by atoms with E-state index in [1.165, 1.54) is 0 Å².